The maximum atomic E-state index is 6.42. The third kappa shape index (κ3) is 5.12. The Hall–Kier alpha value is -3.01. The van der Waals surface area contributed by atoms with E-state index in [0.717, 1.165) is 24.6 Å². The molecule has 4 rings (SSSR count). The fraction of sp³-hybridized carbons (Fsp3) is 0.167. The lowest BCUT2D eigenvalue weighted by molar-refractivity contribution is 0.352. The molecule has 3 aromatic carbocycles. The number of benzene rings is 3. The van der Waals surface area contributed by atoms with E-state index in [0.29, 0.717) is 13.2 Å². The van der Waals surface area contributed by atoms with Crippen molar-refractivity contribution in [3.05, 3.63) is 103 Å². The highest BCUT2D eigenvalue weighted by Crippen LogP contribution is 2.53. The van der Waals surface area contributed by atoms with Crippen LogP contribution in [-0.2, 0) is 4.52 Å². The minimum absolute atomic E-state index is 0.591. The van der Waals surface area contributed by atoms with Gasteiger partial charge in [0.25, 0.3) is 0 Å². The molecule has 0 bridgehead atoms. The van der Waals surface area contributed by atoms with Crippen molar-refractivity contribution in [3.63, 3.8) is 0 Å². The highest BCUT2D eigenvalue weighted by Gasteiger charge is 2.34. The normalized spacial score (nSPS) is 14.0. The zero-order chi connectivity index (χ0) is 20.6. The third-order valence-corrected chi connectivity index (χ3v) is 6.86. The summed E-state index contributed by atoms with van der Waals surface area (Å²) in [6.45, 7) is 7.21. The lowest BCUT2D eigenvalue weighted by Gasteiger charge is -2.30. The second-order valence-electron chi connectivity index (χ2n) is 6.90. The van der Waals surface area contributed by atoms with Crippen molar-refractivity contribution in [1.29, 1.82) is 0 Å². The monoisotopic (exact) mass is 418 g/mol. The summed E-state index contributed by atoms with van der Waals surface area (Å²) in [7, 11) is -0.927. The fourth-order valence-corrected chi connectivity index (χ4v) is 5.33. The van der Waals surface area contributed by atoms with Crippen LogP contribution in [0.5, 0.6) is 0 Å². The highest BCUT2D eigenvalue weighted by atomic mass is 31.2. The summed E-state index contributed by atoms with van der Waals surface area (Å²) in [5, 5.41) is 6.57. The van der Waals surface area contributed by atoms with Gasteiger partial charge in [-0.05, 0) is 36.4 Å². The van der Waals surface area contributed by atoms with Gasteiger partial charge in [0.05, 0.1) is 12.4 Å². The van der Waals surface area contributed by atoms with Crippen molar-refractivity contribution in [2.24, 2.45) is 0 Å². The van der Waals surface area contributed by atoms with Gasteiger partial charge in [-0.1, -0.05) is 61.2 Å². The summed E-state index contributed by atoms with van der Waals surface area (Å²) in [5.74, 6) is 0.767. The molecule has 1 fully saturated rings. The molecule has 1 aliphatic heterocycles. The molecule has 0 spiro atoms. The molecular weight excluding hydrogens is 391 g/mol. The third-order valence-electron chi connectivity index (χ3n) is 4.76. The predicted molar refractivity (Wildman–Crippen MR) is 128 cm³/mol. The van der Waals surface area contributed by atoms with E-state index in [9.17, 15) is 0 Å². The van der Waals surface area contributed by atoms with Crippen LogP contribution in [0.4, 0.5) is 17.1 Å². The molecule has 3 aromatic rings. The average molecular weight is 418 g/mol. The second kappa shape index (κ2) is 10.1. The zero-order valence-corrected chi connectivity index (χ0v) is 17.8. The SMILES string of the molecule is C=C(NCCOP1N(c2ccccc2)CCN1c1ccccc1)Nc1ccccc1. The molecule has 0 saturated carbocycles. The quantitative estimate of drug-likeness (QED) is 0.358. The van der Waals surface area contributed by atoms with E-state index in [1.165, 1.54) is 11.4 Å². The van der Waals surface area contributed by atoms with Gasteiger partial charge < -0.3 is 24.5 Å². The summed E-state index contributed by atoms with van der Waals surface area (Å²) in [5.41, 5.74) is 3.41. The molecule has 0 amide bonds. The molecule has 154 valence electrons. The summed E-state index contributed by atoms with van der Waals surface area (Å²) in [6.07, 6.45) is 0. The Morgan fingerprint density at radius 2 is 1.30 bits per heavy atom. The molecular formula is C24H27N4OP. The summed E-state index contributed by atoms with van der Waals surface area (Å²) >= 11 is 0. The molecule has 5 nitrogen and oxygen atoms in total. The van der Waals surface area contributed by atoms with Crippen molar-refractivity contribution >= 4 is 25.5 Å². The number of nitrogens with zero attached hydrogens (tertiary/aromatic N) is 2. The first-order valence-corrected chi connectivity index (χ1v) is 11.3. The molecule has 1 heterocycles. The topological polar surface area (TPSA) is 39.8 Å². The fourth-order valence-electron chi connectivity index (χ4n) is 3.36. The first-order chi connectivity index (χ1) is 14.8. The number of para-hydroxylation sites is 3. The minimum atomic E-state index is -0.927. The van der Waals surface area contributed by atoms with Crippen LogP contribution in [0, 0.1) is 0 Å². The molecule has 1 aliphatic rings. The molecule has 1 saturated heterocycles. The highest BCUT2D eigenvalue weighted by molar-refractivity contribution is 7.56. The van der Waals surface area contributed by atoms with Gasteiger partial charge in [0, 0.05) is 36.7 Å². The Labute approximate surface area is 179 Å². The lowest BCUT2D eigenvalue weighted by atomic mass is 10.3. The van der Waals surface area contributed by atoms with Crippen LogP contribution in [0.1, 0.15) is 0 Å². The van der Waals surface area contributed by atoms with E-state index >= 15 is 0 Å². The number of anilines is 3. The molecule has 0 aliphatic carbocycles. The Balaban J connectivity index is 1.36. The van der Waals surface area contributed by atoms with Crippen molar-refractivity contribution < 1.29 is 4.52 Å². The molecule has 0 aromatic heterocycles. The van der Waals surface area contributed by atoms with Crippen LogP contribution in [0.2, 0.25) is 0 Å². The van der Waals surface area contributed by atoms with Gasteiger partial charge in [-0.15, -0.1) is 0 Å². The van der Waals surface area contributed by atoms with Crippen molar-refractivity contribution in [2.75, 3.05) is 40.9 Å². The van der Waals surface area contributed by atoms with Crippen molar-refractivity contribution in [3.8, 4) is 0 Å². The van der Waals surface area contributed by atoms with E-state index in [2.05, 4.69) is 75.1 Å². The molecule has 6 heteroatoms. The summed E-state index contributed by atoms with van der Waals surface area (Å²) in [6, 6.07) is 31.0. The maximum Gasteiger partial charge on any atom is 0.248 e. The summed E-state index contributed by atoms with van der Waals surface area (Å²) < 4.78 is 11.2. The van der Waals surface area contributed by atoms with Gasteiger partial charge in [-0.2, -0.15) is 0 Å². The van der Waals surface area contributed by atoms with Crippen LogP contribution in [0.3, 0.4) is 0 Å². The van der Waals surface area contributed by atoms with Crippen LogP contribution in [-0.4, -0.2) is 26.2 Å². The van der Waals surface area contributed by atoms with Gasteiger partial charge in [-0.25, -0.2) is 0 Å². The molecule has 30 heavy (non-hydrogen) atoms. The molecule has 0 atom stereocenters. The number of hydrogen-bond acceptors (Lipinski definition) is 5. The standard InChI is InChI=1S/C24H27N4OP/c1-21(26-22-11-5-2-6-12-22)25-17-20-29-30-27(23-13-7-3-8-14-23)18-19-28(30)24-15-9-4-10-16-24/h2-16,25-26H,1,17-20H2. The summed E-state index contributed by atoms with van der Waals surface area (Å²) in [4.78, 5) is 0. The Morgan fingerprint density at radius 3 is 1.83 bits per heavy atom. The first-order valence-electron chi connectivity index (χ1n) is 10.1. The number of rotatable bonds is 9. The van der Waals surface area contributed by atoms with Gasteiger partial charge in [-0.3, -0.25) is 0 Å². The predicted octanol–water partition coefficient (Wildman–Crippen LogP) is 5.43. The molecule has 0 unspecified atom stereocenters. The minimum Gasteiger partial charge on any atom is -0.370 e. The average Bonchev–Trinajstić information content (AvgIpc) is 3.22. The smallest absolute Gasteiger partial charge is 0.248 e. The Kier molecular flexibility index (Phi) is 6.86. The lowest BCUT2D eigenvalue weighted by Crippen LogP contribution is -2.24. The van der Waals surface area contributed by atoms with Crippen LogP contribution in [0.15, 0.2) is 103 Å². The van der Waals surface area contributed by atoms with Crippen molar-refractivity contribution in [2.45, 2.75) is 0 Å². The number of nitrogens with one attached hydrogen (secondary N) is 2. The maximum absolute atomic E-state index is 6.42. The van der Waals surface area contributed by atoms with Crippen LogP contribution >= 0.6 is 8.45 Å². The molecule has 2 N–H and O–H groups in total. The first kappa shape index (κ1) is 20.3. The van der Waals surface area contributed by atoms with E-state index < -0.39 is 8.45 Å². The molecule has 0 radical (unpaired) electrons. The van der Waals surface area contributed by atoms with E-state index in [1.54, 1.807) is 0 Å². The largest absolute Gasteiger partial charge is 0.370 e. The van der Waals surface area contributed by atoms with E-state index in [4.69, 9.17) is 4.52 Å². The van der Waals surface area contributed by atoms with Gasteiger partial charge >= 0.3 is 0 Å². The second-order valence-corrected chi connectivity index (χ2v) is 8.63. The van der Waals surface area contributed by atoms with Crippen LogP contribution < -0.4 is 20.0 Å². The van der Waals surface area contributed by atoms with E-state index in [1.807, 2.05) is 42.5 Å². The Morgan fingerprint density at radius 1 is 0.800 bits per heavy atom. The zero-order valence-electron chi connectivity index (χ0n) is 16.9. The number of hydrogen-bond donors (Lipinski definition) is 2. The Bertz CT molecular complexity index is 876. The van der Waals surface area contributed by atoms with Crippen molar-refractivity contribution in [1.82, 2.24) is 5.32 Å². The van der Waals surface area contributed by atoms with Gasteiger partial charge in [0.15, 0.2) is 0 Å². The van der Waals surface area contributed by atoms with E-state index in [-0.39, 0.29) is 0 Å². The van der Waals surface area contributed by atoms with Gasteiger partial charge in [0.2, 0.25) is 8.45 Å². The van der Waals surface area contributed by atoms with Gasteiger partial charge in [0.1, 0.15) is 0 Å². The van der Waals surface area contributed by atoms with Crippen LogP contribution in [0.25, 0.3) is 0 Å².